The molecule has 0 amide bonds. The molecule has 1 aromatic carbocycles. The summed E-state index contributed by atoms with van der Waals surface area (Å²) in [4.78, 5) is 8.90. The molecule has 0 spiro atoms. The summed E-state index contributed by atoms with van der Waals surface area (Å²) in [6.07, 6.45) is -3.11. The monoisotopic (exact) mass is 361 g/mol. The van der Waals surface area contributed by atoms with Gasteiger partial charge < -0.3 is 14.8 Å². The highest BCUT2D eigenvalue weighted by Crippen LogP contribution is 2.28. The number of benzene rings is 1. The van der Waals surface area contributed by atoms with E-state index in [4.69, 9.17) is 14.3 Å². The molecule has 3 rings (SSSR count). The topological polar surface area (TPSA) is 88.3 Å². The molecular formula is C15H15F4N3O3. The van der Waals surface area contributed by atoms with E-state index in [0.29, 0.717) is 17.4 Å². The van der Waals surface area contributed by atoms with Gasteiger partial charge in [0.05, 0.1) is 5.56 Å². The van der Waals surface area contributed by atoms with Crippen LogP contribution in [-0.2, 0) is 4.79 Å². The number of carboxylic acids is 1. The summed E-state index contributed by atoms with van der Waals surface area (Å²) in [6, 6.07) is 6.44. The minimum Gasteiger partial charge on any atom is -0.475 e. The van der Waals surface area contributed by atoms with Gasteiger partial charge >= 0.3 is 12.1 Å². The normalized spacial score (nSPS) is 15.4. The molecule has 2 aromatic rings. The van der Waals surface area contributed by atoms with E-state index in [9.17, 15) is 17.6 Å². The Labute approximate surface area is 139 Å². The van der Waals surface area contributed by atoms with Gasteiger partial charge in [0, 0.05) is 5.92 Å². The fraction of sp³-hybridized carbons (Fsp3) is 0.400. The predicted molar refractivity (Wildman–Crippen MR) is 78.2 cm³/mol. The van der Waals surface area contributed by atoms with Crippen LogP contribution in [0.15, 0.2) is 28.7 Å². The highest BCUT2D eigenvalue weighted by atomic mass is 19.4. The van der Waals surface area contributed by atoms with Crippen LogP contribution in [0.4, 0.5) is 17.6 Å². The molecule has 0 unspecified atom stereocenters. The van der Waals surface area contributed by atoms with E-state index < -0.39 is 12.1 Å². The SMILES string of the molecule is Fc1ccccc1-c1nnc(C2CCNCC2)o1.O=C(O)C(F)(F)F. The summed E-state index contributed by atoms with van der Waals surface area (Å²) < 4.78 is 50.9. The number of hydrogen-bond donors (Lipinski definition) is 2. The zero-order valence-electron chi connectivity index (χ0n) is 12.9. The Bertz CT molecular complexity index is 712. The molecule has 1 aliphatic rings. The lowest BCUT2D eigenvalue weighted by Crippen LogP contribution is -2.26. The number of carboxylic acid groups (broad SMARTS) is 1. The van der Waals surface area contributed by atoms with E-state index in [1.165, 1.54) is 6.07 Å². The number of halogens is 4. The van der Waals surface area contributed by atoms with Crippen LogP contribution in [0.5, 0.6) is 0 Å². The van der Waals surface area contributed by atoms with E-state index in [0.717, 1.165) is 25.9 Å². The van der Waals surface area contributed by atoms with Crippen molar-refractivity contribution in [3.63, 3.8) is 0 Å². The van der Waals surface area contributed by atoms with Gasteiger partial charge in [-0.15, -0.1) is 10.2 Å². The average molecular weight is 361 g/mol. The van der Waals surface area contributed by atoms with Gasteiger partial charge in [-0.05, 0) is 38.1 Å². The minimum atomic E-state index is -5.08. The van der Waals surface area contributed by atoms with Crippen LogP contribution in [0.3, 0.4) is 0 Å². The highest BCUT2D eigenvalue weighted by molar-refractivity contribution is 5.73. The number of aliphatic carboxylic acids is 1. The van der Waals surface area contributed by atoms with Gasteiger partial charge in [-0.25, -0.2) is 9.18 Å². The molecule has 0 bridgehead atoms. The highest BCUT2D eigenvalue weighted by Gasteiger charge is 2.38. The first-order valence-corrected chi connectivity index (χ1v) is 7.38. The van der Waals surface area contributed by atoms with Crippen LogP contribution >= 0.6 is 0 Å². The van der Waals surface area contributed by atoms with Gasteiger partial charge in [0.25, 0.3) is 5.89 Å². The fourth-order valence-electron chi connectivity index (χ4n) is 2.21. The maximum absolute atomic E-state index is 13.6. The van der Waals surface area contributed by atoms with Crippen LogP contribution in [0.2, 0.25) is 0 Å². The summed E-state index contributed by atoms with van der Waals surface area (Å²) in [5.41, 5.74) is 0.366. The zero-order valence-corrected chi connectivity index (χ0v) is 12.9. The number of alkyl halides is 3. The average Bonchev–Trinajstić information content (AvgIpc) is 3.05. The van der Waals surface area contributed by atoms with Crippen molar-refractivity contribution >= 4 is 5.97 Å². The summed E-state index contributed by atoms with van der Waals surface area (Å²) in [6.45, 7) is 1.92. The number of hydrogen-bond acceptors (Lipinski definition) is 5. The van der Waals surface area contributed by atoms with Crippen LogP contribution in [-0.4, -0.2) is 40.5 Å². The molecule has 136 valence electrons. The number of carbonyl (C=O) groups is 1. The van der Waals surface area contributed by atoms with Crippen LogP contribution in [0, 0.1) is 5.82 Å². The molecule has 25 heavy (non-hydrogen) atoms. The van der Waals surface area contributed by atoms with Gasteiger partial charge in [0.1, 0.15) is 5.82 Å². The lowest BCUT2D eigenvalue weighted by atomic mass is 9.98. The summed E-state index contributed by atoms with van der Waals surface area (Å²) in [5, 5.41) is 18.4. The number of aromatic nitrogens is 2. The zero-order chi connectivity index (χ0) is 18.4. The van der Waals surface area contributed by atoms with Crippen molar-refractivity contribution in [3.8, 4) is 11.5 Å². The molecule has 1 aromatic heterocycles. The van der Waals surface area contributed by atoms with Crippen LogP contribution in [0.1, 0.15) is 24.7 Å². The lowest BCUT2D eigenvalue weighted by molar-refractivity contribution is -0.192. The second-order valence-corrected chi connectivity index (χ2v) is 5.25. The van der Waals surface area contributed by atoms with Crippen molar-refractivity contribution in [2.45, 2.75) is 24.9 Å². The molecule has 1 fully saturated rings. The third-order valence-corrected chi connectivity index (χ3v) is 3.48. The van der Waals surface area contributed by atoms with Gasteiger partial charge in [-0.3, -0.25) is 0 Å². The summed E-state index contributed by atoms with van der Waals surface area (Å²) in [7, 11) is 0. The third kappa shape index (κ3) is 5.24. The first-order chi connectivity index (χ1) is 11.8. The van der Waals surface area contributed by atoms with Crippen LogP contribution in [0.25, 0.3) is 11.5 Å². The molecular weight excluding hydrogens is 346 g/mol. The molecule has 1 aliphatic heterocycles. The Morgan fingerprint density at radius 2 is 1.80 bits per heavy atom. The maximum Gasteiger partial charge on any atom is 0.490 e. The Kier molecular flexibility index (Phi) is 6.07. The second-order valence-electron chi connectivity index (χ2n) is 5.25. The van der Waals surface area contributed by atoms with Crippen molar-refractivity contribution in [3.05, 3.63) is 36.0 Å². The van der Waals surface area contributed by atoms with Gasteiger partial charge in [-0.2, -0.15) is 13.2 Å². The van der Waals surface area contributed by atoms with Crippen LogP contribution < -0.4 is 5.32 Å². The minimum absolute atomic E-state index is 0.265. The number of nitrogens with one attached hydrogen (secondary N) is 1. The fourth-order valence-corrected chi connectivity index (χ4v) is 2.21. The van der Waals surface area contributed by atoms with E-state index in [2.05, 4.69) is 15.5 Å². The summed E-state index contributed by atoms with van der Waals surface area (Å²) >= 11 is 0. The lowest BCUT2D eigenvalue weighted by Gasteiger charge is -2.18. The first kappa shape index (κ1) is 18.8. The van der Waals surface area contributed by atoms with Gasteiger partial charge in [0.15, 0.2) is 0 Å². The standard InChI is InChI=1S/C13H14FN3O.C2HF3O2/c14-11-4-2-1-3-10(11)13-17-16-12(18-13)9-5-7-15-8-6-9;3-2(4,5)1(6)7/h1-4,9,15H,5-8H2;(H,6,7). The Morgan fingerprint density at radius 1 is 1.20 bits per heavy atom. The van der Waals surface area contributed by atoms with Gasteiger partial charge in [-0.1, -0.05) is 12.1 Å². The Morgan fingerprint density at radius 3 is 2.36 bits per heavy atom. The Balaban J connectivity index is 0.000000277. The van der Waals surface area contributed by atoms with Gasteiger partial charge in [0.2, 0.25) is 5.89 Å². The van der Waals surface area contributed by atoms with Crippen molar-refractivity contribution in [2.75, 3.05) is 13.1 Å². The van der Waals surface area contributed by atoms with Crippen molar-refractivity contribution in [1.29, 1.82) is 0 Å². The molecule has 0 aliphatic carbocycles. The Hall–Kier alpha value is -2.49. The molecule has 2 N–H and O–H groups in total. The largest absolute Gasteiger partial charge is 0.490 e. The molecule has 2 heterocycles. The van der Waals surface area contributed by atoms with E-state index in [1.54, 1.807) is 18.2 Å². The van der Waals surface area contributed by atoms with Crippen molar-refractivity contribution in [2.24, 2.45) is 0 Å². The molecule has 6 nitrogen and oxygen atoms in total. The molecule has 1 saturated heterocycles. The van der Waals surface area contributed by atoms with Crippen molar-refractivity contribution < 1.29 is 31.9 Å². The first-order valence-electron chi connectivity index (χ1n) is 7.38. The van der Waals surface area contributed by atoms with E-state index in [-0.39, 0.29) is 11.7 Å². The number of piperidine rings is 1. The summed E-state index contributed by atoms with van der Waals surface area (Å²) in [5.74, 6) is -1.92. The maximum atomic E-state index is 13.6. The molecule has 10 heteroatoms. The molecule has 0 atom stereocenters. The number of rotatable bonds is 2. The van der Waals surface area contributed by atoms with E-state index in [1.807, 2.05) is 0 Å². The third-order valence-electron chi connectivity index (χ3n) is 3.48. The predicted octanol–water partition coefficient (Wildman–Crippen LogP) is 2.98. The van der Waals surface area contributed by atoms with Crippen molar-refractivity contribution in [1.82, 2.24) is 15.5 Å². The number of nitrogens with zero attached hydrogens (tertiary/aromatic N) is 2. The smallest absolute Gasteiger partial charge is 0.475 e. The quantitative estimate of drug-likeness (QED) is 0.800. The second kappa shape index (κ2) is 8.06. The molecule has 0 saturated carbocycles. The van der Waals surface area contributed by atoms with E-state index >= 15 is 0 Å². The molecule has 0 radical (unpaired) electrons.